The highest BCUT2D eigenvalue weighted by atomic mass is 32.2. The van der Waals surface area contributed by atoms with Gasteiger partial charge < -0.3 is 10.7 Å². The fraction of sp³-hybridized carbons (Fsp3) is 0.188. The number of fused-ring (bicyclic) bond motifs is 2. The molecular formula is C16H15N3S. The average molecular weight is 281 g/mol. The highest BCUT2D eigenvalue weighted by molar-refractivity contribution is 7.99. The molecule has 0 unspecified atom stereocenters. The SMILES string of the molecule is Nc1ccc2nc(Sc3ccc4c(c3)CCC4)[nH]c2c1. The fourth-order valence-electron chi connectivity index (χ4n) is 2.78. The van der Waals surface area contributed by atoms with Crippen LogP contribution in [0.15, 0.2) is 46.5 Å². The molecule has 1 aliphatic rings. The van der Waals surface area contributed by atoms with Gasteiger partial charge in [0.25, 0.3) is 0 Å². The number of nitrogens with one attached hydrogen (secondary N) is 1. The van der Waals surface area contributed by atoms with Crippen molar-refractivity contribution < 1.29 is 0 Å². The maximum atomic E-state index is 5.79. The van der Waals surface area contributed by atoms with Crippen molar-refractivity contribution in [3.05, 3.63) is 47.5 Å². The zero-order valence-electron chi connectivity index (χ0n) is 11.0. The molecule has 0 fully saturated rings. The Kier molecular flexibility index (Phi) is 2.70. The van der Waals surface area contributed by atoms with Crippen LogP contribution < -0.4 is 5.73 Å². The summed E-state index contributed by atoms with van der Waals surface area (Å²) in [5, 5.41) is 0.920. The molecule has 0 saturated carbocycles. The molecule has 1 aliphatic carbocycles. The van der Waals surface area contributed by atoms with Crippen LogP contribution in [0.25, 0.3) is 11.0 Å². The van der Waals surface area contributed by atoms with E-state index in [4.69, 9.17) is 5.73 Å². The number of aryl methyl sites for hydroxylation is 2. The molecule has 0 bridgehead atoms. The van der Waals surface area contributed by atoms with Crippen LogP contribution in [0.5, 0.6) is 0 Å². The summed E-state index contributed by atoms with van der Waals surface area (Å²) >= 11 is 1.68. The summed E-state index contributed by atoms with van der Waals surface area (Å²) in [6, 6.07) is 12.5. The molecule has 20 heavy (non-hydrogen) atoms. The monoisotopic (exact) mass is 281 g/mol. The molecule has 0 spiro atoms. The third-order valence-electron chi connectivity index (χ3n) is 3.77. The number of nitrogens with two attached hydrogens (primary N) is 1. The van der Waals surface area contributed by atoms with Crippen molar-refractivity contribution in [3.63, 3.8) is 0 Å². The first-order chi connectivity index (χ1) is 9.78. The van der Waals surface area contributed by atoms with Gasteiger partial charge in [0.2, 0.25) is 0 Å². The molecule has 3 aromatic rings. The molecule has 3 nitrogen and oxygen atoms in total. The summed E-state index contributed by atoms with van der Waals surface area (Å²) in [5.41, 5.74) is 11.5. The van der Waals surface area contributed by atoms with Crippen molar-refractivity contribution in [3.8, 4) is 0 Å². The highest BCUT2D eigenvalue weighted by Crippen LogP contribution is 2.31. The third kappa shape index (κ3) is 2.06. The van der Waals surface area contributed by atoms with Gasteiger partial charge in [-0.3, -0.25) is 0 Å². The van der Waals surface area contributed by atoms with Crippen molar-refractivity contribution in [1.82, 2.24) is 9.97 Å². The van der Waals surface area contributed by atoms with Gasteiger partial charge in [-0.2, -0.15) is 0 Å². The summed E-state index contributed by atoms with van der Waals surface area (Å²) in [6.45, 7) is 0. The summed E-state index contributed by atoms with van der Waals surface area (Å²) in [4.78, 5) is 9.17. The van der Waals surface area contributed by atoms with Crippen LogP contribution in [0.3, 0.4) is 0 Å². The van der Waals surface area contributed by atoms with Crippen molar-refractivity contribution in [2.24, 2.45) is 0 Å². The van der Waals surface area contributed by atoms with Crippen molar-refractivity contribution >= 4 is 28.5 Å². The molecule has 3 N–H and O–H groups in total. The predicted octanol–water partition coefficient (Wildman–Crippen LogP) is 3.79. The first-order valence-electron chi connectivity index (χ1n) is 6.83. The van der Waals surface area contributed by atoms with Crippen LogP contribution in [0.2, 0.25) is 0 Å². The molecule has 4 rings (SSSR count). The number of anilines is 1. The van der Waals surface area contributed by atoms with Gasteiger partial charge in [-0.15, -0.1) is 0 Å². The van der Waals surface area contributed by atoms with Gasteiger partial charge in [0.05, 0.1) is 11.0 Å². The molecule has 0 aliphatic heterocycles. The summed E-state index contributed by atoms with van der Waals surface area (Å²) in [7, 11) is 0. The number of aromatic amines is 1. The second-order valence-corrected chi connectivity index (χ2v) is 6.27. The smallest absolute Gasteiger partial charge is 0.171 e. The Morgan fingerprint density at radius 2 is 1.95 bits per heavy atom. The van der Waals surface area contributed by atoms with Gasteiger partial charge in [-0.1, -0.05) is 17.8 Å². The van der Waals surface area contributed by atoms with Gasteiger partial charge in [0.1, 0.15) is 0 Å². The lowest BCUT2D eigenvalue weighted by Gasteiger charge is -2.02. The predicted molar refractivity (Wildman–Crippen MR) is 83.1 cm³/mol. The number of hydrogen-bond acceptors (Lipinski definition) is 3. The quantitative estimate of drug-likeness (QED) is 0.703. The van der Waals surface area contributed by atoms with Gasteiger partial charge in [-0.05, 0) is 60.7 Å². The van der Waals surface area contributed by atoms with E-state index in [1.54, 1.807) is 11.8 Å². The van der Waals surface area contributed by atoms with Crippen LogP contribution in [-0.2, 0) is 12.8 Å². The van der Waals surface area contributed by atoms with E-state index in [1.807, 2.05) is 18.2 Å². The van der Waals surface area contributed by atoms with Gasteiger partial charge in [-0.25, -0.2) is 4.98 Å². The number of rotatable bonds is 2. The minimum absolute atomic E-state index is 0.759. The lowest BCUT2D eigenvalue weighted by Crippen LogP contribution is -1.83. The number of hydrogen-bond donors (Lipinski definition) is 2. The normalized spacial score (nSPS) is 13.8. The number of H-pyrrole nitrogens is 1. The van der Waals surface area contributed by atoms with E-state index in [-0.39, 0.29) is 0 Å². The van der Waals surface area contributed by atoms with Crippen LogP contribution in [0.4, 0.5) is 5.69 Å². The third-order valence-corrected chi connectivity index (χ3v) is 4.65. The Hall–Kier alpha value is -1.94. The largest absolute Gasteiger partial charge is 0.399 e. The fourth-order valence-corrected chi connectivity index (χ4v) is 3.64. The molecular weight excluding hydrogens is 266 g/mol. The van der Waals surface area contributed by atoms with E-state index in [0.717, 1.165) is 21.9 Å². The molecule has 2 aromatic carbocycles. The molecule has 1 aromatic heterocycles. The molecule has 0 saturated heterocycles. The second kappa shape index (κ2) is 4.56. The molecule has 1 heterocycles. The number of nitrogen functional groups attached to an aromatic ring is 1. The maximum Gasteiger partial charge on any atom is 0.171 e. The zero-order valence-corrected chi connectivity index (χ0v) is 11.8. The number of benzene rings is 2. The van der Waals surface area contributed by atoms with Crippen LogP contribution >= 0.6 is 11.8 Å². The van der Waals surface area contributed by atoms with Crippen molar-refractivity contribution in [1.29, 1.82) is 0 Å². The van der Waals surface area contributed by atoms with E-state index in [1.165, 1.54) is 35.3 Å². The topological polar surface area (TPSA) is 54.7 Å². The van der Waals surface area contributed by atoms with Crippen LogP contribution in [0.1, 0.15) is 17.5 Å². The van der Waals surface area contributed by atoms with Crippen molar-refractivity contribution in [2.45, 2.75) is 29.3 Å². The van der Waals surface area contributed by atoms with Gasteiger partial charge in [0.15, 0.2) is 5.16 Å². The summed E-state index contributed by atoms with van der Waals surface area (Å²) < 4.78 is 0. The first kappa shape index (κ1) is 11.9. The van der Waals surface area contributed by atoms with Gasteiger partial charge in [0, 0.05) is 10.6 Å². The lowest BCUT2D eigenvalue weighted by atomic mass is 10.1. The average Bonchev–Trinajstić information content (AvgIpc) is 3.03. The Labute approximate surface area is 121 Å². The summed E-state index contributed by atoms with van der Waals surface area (Å²) in [5.74, 6) is 0. The number of aromatic nitrogens is 2. The molecule has 0 amide bonds. The van der Waals surface area contributed by atoms with E-state index >= 15 is 0 Å². The van der Waals surface area contributed by atoms with Crippen LogP contribution in [-0.4, -0.2) is 9.97 Å². The molecule has 100 valence electrons. The summed E-state index contributed by atoms with van der Waals surface area (Å²) in [6.07, 6.45) is 3.72. The second-order valence-electron chi connectivity index (χ2n) is 5.20. The Morgan fingerprint density at radius 1 is 1.05 bits per heavy atom. The first-order valence-corrected chi connectivity index (χ1v) is 7.64. The molecule has 4 heteroatoms. The number of imidazole rings is 1. The Morgan fingerprint density at radius 3 is 2.90 bits per heavy atom. The van der Waals surface area contributed by atoms with Crippen LogP contribution in [0, 0.1) is 0 Å². The molecule has 0 atom stereocenters. The standard InChI is InChI=1S/C16H15N3S/c17-12-5-7-14-15(9-12)19-16(18-14)20-13-6-4-10-2-1-3-11(10)8-13/h4-9H,1-3,17H2,(H,18,19). The number of nitrogens with zero attached hydrogens (tertiary/aromatic N) is 1. The Balaban J connectivity index is 1.66. The van der Waals surface area contributed by atoms with E-state index in [0.29, 0.717) is 0 Å². The van der Waals surface area contributed by atoms with Gasteiger partial charge >= 0.3 is 0 Å². The lowest BCUT2D eigenvalue weighted by molar-refractivity contribution is 0.911. The van der Waals surface area contributed by atoms with E-state index in [9.17, 15) is 0 Å². The maximum absolute atomic E-state index is 5.79. The van der Waals surface area contributed by atoms with E-state index in [2.05, 4.69) is 28.2 Å². The van der Waals surface area contributed by atoms with Crippen molar-refractivity contribution in [2.75, 3.05) is 5.73 Å². The Bertz CT molecular complexity index is 792. The minimum atomic E-state index is 0.759. The molecule has 0 radical (unpaired) electrons. The van der Waals surface area contributed by atoms with E-state index < -0.39 is 0 Å². The highest BCUT2D eigenvalue weighted by Gasteiger charge is 2.12. The minimum Gasteiger partial charge on any atom is -0.399 e. The zero-order chi connectivity index (χ0) is 13.5.